The van der Waals surface area contributed by atoms with Crippen molar-refractivity contribution in [3.8, 4) is 22.8 Å². The first kappa shape index (κ1) is 27.9. The maximum Gasteiger partial charge on any atom is 0.255 e. The molecule has 3 atom stereocenters. The molecule has 7 nitrogen and oxygen atoms in total. The normalized spacial score (nSPS) is 19.8. The van der Waals surface area contributed by atoms with Gasteiger partial charge in [0.2, 0.25) is 0 Å². The monoisotopic (exact) mass is 565 g/mol. The molecule has 9 heteroatoms. The van der Waals surface area contributed by atoms with Crippen LogP contribution in [0, 0.1) is 11.7 Å². The lowest BCUT2D eigenvalue weighted by Gasteiger charge is -2.22. The van der Waals surface area contributed by atoms with Crippen LogP contribution in [0.4, 0.5) is 4.39 Å². The molecule has 4 aromatic rings. The second-order valence-electron chi connectivity index (χ2n) is 10.4. The summed E-state index contributed by atoms with van der Waals surface area (Å²) in [6.45, 7) is 4.33. The summed E-state index contributed by atoms with van der Waals surface area (Å²) >= 11 is 0. The van der Waals surface area contributed by atoms with Crippen LogP contribution in [0.2, 0.25) is 0 Å². The predicted octanol–water partition coefficient (Wildman–Crippen LogP) is 6.46. The van der Waals surface area contributed by atoms with E-state index in [1.165, 1.54) is 18.4 Å². The number of carbonyl (C=O) groups is 1. The number of benzene rings is 3. The summed E-state index contributed by atoms with van der Waals surface area (Å²) in [7, 11) is -1.76. The zero-order chi connectivity index (χ0) is 28.6. The standard InChI is InChI=1S/C31H32FNO6S/c1-18-13-14-37-19(2)25-17-26-27(15-21(25)16-28(18)40(4,35)36)39-30(29(26)31(34)33-3)20-5-9-23(10-6-20)38-24-11-7-22(32)8-12-24/h5-12,15,17-19,28H,13-14,16H2,1-4H3,(H,33,34). The zero-order valence-electron chi connectivity index (χ0n) is 22.9. The van der Waals surface area contributed by atoms with Gasteiger partial charge < -0.3 is 19.2 Å². The van der Waals surface area contributed by atoms with E-state index in [4.69, 9.17) is 13.9 Å². The Morgan fingerprint density at radius 1 is 1.02 bits per heavy atom. The summed E-state index contributed by atoms with van der Waals surface area (Å²) < 4.78 is 56.8. The van der Waals surface area contributed by atoms with Crippen LogP contribution in [0.25, 0.3) is 22.3 Å². The molecule has 3 aromatic carbocycles. The minimum absolute atomic E-state index is 0.0758. The number of sulfone groups is 1. The largest absolute Gasteiger partial charge is 0.457 e. The fourth-order valence-corrected chi connectivity index (χ4v) is 6.78. The van der Waals surface area contributed by atoms with Crippen molar-refractivity contribution in [3.63, 3.8) is 0 Å². The summed E-state index contributed by atoms with van der Waals surface area (Å²) in [6.07, 6.45) is 1.97. The quantitative estimate of drug-likeness (QED) is 0.298. The molecule has 2 heterocycles. The first-order chi connectivity index (χ1) is 19.0. The number of amides is 1. The van der Waals surface area contributed by atoms with E-state index in [0.29, 0.717) is 58.8 Å². The van der Waals surface area contributed by atoms with Crippen molar-refractivity contribution in [2.24, 2.45) is 5.92 Å². The molecule has 0 radical (unpaired) electrons. The lowest BCUT2D eigenvalue weighted by molar-refractivity contribution is 0.0586. The number of nitrogens with one attached hydrogen (secondary N) is 1. The number of rotatable bonds is 5. The van der Waals surface area contributed by atoms with Crippen LogP contribution < -0.4 is 10.1 Å². The molecular formula is C31H32FNO6S. The average molecular weight is 566 g/mol. The van der Waals surface area contributed by atoms with Gasteiger partial charge in [0.15, 0.2) is 9.84 Å². The molecule has 5 rings (SSSR count). The first-order valence-electron chi connectivity index (χ1n) is 13.2. The van der Waals surface area contributed by atoms with E-state index in [0.717, 1.165) is 11.1 Å². The van der Waals surface area contributed by atoms with E-state index in [1.807, 2.05) is 26.0 Å². The highest BCUT2D eigenvalue weighted by Crippen LogP contribution is 2.39. The highest BCUT2D eigenvalue weighted by atomic mass is 32.2. The van der Waals surface area contributed by atoms with Gasteiger partial charge in [-0.2, -0.15) is 0 Å². The Labute approximate surface area is 233 Å². The highest BCUT2D eigenvalue weighted by Gasteiger charge is 2.32. The molecule has 0 spiro atoms. The van der Waals surface area contributed by atoms with Gasteiger partial charge in [-0.25, -0.2) is 12.8 Å². The molecule has 1 N–H and O–H groups in total. The molecule has 1 aliphatic heterocycles. The maximum absolute atomic E-state index is 13.2. The Balaban J connectivity index is 1.59. The van der Waals surface area contributed by atoms with Crippen molar-refractivity contribution in [1.82, 2.24) is 5.32 Å². The molecule has 0 fully saturated rings. The van der Waals surface area contributed by atoms with E-state index in [1.54, 1.807) is 43.4 Å². The molecule has 1 aliphatic rings. The first-order valence-corrected chi connectivity index (χ1v) is 15.2. The van der Waals surface area contributed by atoms with Gasteiger partial charge in [0.05, 0.1) is 16.9 Å². The van der Waals surface area contributed by atoms with E-state index in [9.17, 15) is 17.6 Å². The molecule has 210 valence electrons. The van der Waals surface area contributed by atoms with Crippen molar-refractivity contribution in [1.29, 1.82) is 0 Å². The van der Waals surface area contributed by atoms with Gasteiger partial charge in [-0.3, -0.25) is 4.79 Å². The minimum atomic E-state index is -3.32. The van der Waals surface area contributed by atoms with E-state index >= 15 is 0 Å². The number of ether oxygens (including phenoxy) is 2. The number of fused-ring (bicyclic) bond motifs is 2. The van der Waals surface area contributed by atoms with E-state index in [-0.39, 0.29) is 23.7 Å². The van der Waals surface area contributed by atoms with E-state index < -0.39 is 15.1 Å². The fourth-order valence-electron chi connectivity index (χ4n) is 5.32. The molecule has 1 amide bonds. The van der Waals surface area contributed by atoms with Crippen molar-refractivity contribution in [2.45, 2.75) is 38.0 Å². The van der Waals surface area contributed by atoms with Crippen LogP contribution in [0.5, 0.6) is 11.5 Å². The Kier molecular flexibility index (Phi) is 7.70. The molecular weight excluding hydrogens is 533 g/mol. The number of hydrogen-bond acceptors (Lipinski definition) is 6. The Morgan fingerprint density at radius 3 is 2.30 bits per heavy atom. The van der Waals surface area contributed by atoms with Crippen molar-refractivity contribution < 1.29 is 31.5 Å². The maximum atomic E-state index is 13.2. The van der Waals surface area contributed by atoms with Gasteiger partial charge in [0, 0.05) is 30.9 Å². The summed E-state index contributed by atoms with van der Waals surface area (Å²) in [5.74, 6) is 0.696. The lowest BCUT2D eigenvalue weighted by Crippen LogP contribution is -2.30. The van der Waals surface area contributed by atoms with Gasteiger partial charge in [-0.05, 0) is 97.5 Å². The second-order valence-corrected chi connectivity index (χ2v) is 12.6. The molecule has 0 aliphatic carbocycles. The Morgan fingerprint density at radius 2 is 1.68 bits per heavy atom. The lowest BCUT2D eigenvalue weighted by atomic mass is 9.92. The van der Waals surface area contributed by atoms with Crippen LogP contribution in [0.1, 0.15) is 47.9 Å². The third-order valence-electron chi connectivity index (χ3n) is 7.55. The third-order valence-corrected chi connectivity index (χ3v) is 9.29. The summed E-state index contributed by atoms with van der Waals surface area (Å²) in [5.41, 5.74) is 3.21. The fraction of sp³-hybridized carbons (Fsp3) is 0.323. The second kappa shape index (κ2) is 11.1. The van der Waals surface area contributed by atoms with Crippen LogP contribution in [0.15, 0.2) is 65.1 Å². The van der Waals surface area contributed by atoms with Gasteiger partial charge in [-0.15, -0.1) is 0 Å². The highest BCUT2D eigenvalue weighted by molar-refractivity contribution is 7.91. The van der Waals surface area contributed by atoms with Crippen molar-refractivity contribution >= 4 is 26.7 Å². The summed E-state index contributed by atoms with van der Waals surface area (Å²) in [4.78, 5) is 13.1. The van der Waals surface area contributed by atoms with Crippen molar-refractivity contribution in [3.05, 3.63) is 83.2 Å². The molecule has 3 unspecified atom stereocenters. The molecule has 0 bridgehead atoms. The smallest absolute Gasteiger partial charge is 0.255 e. The topological polar surface area (TPSA) is 94.8 Å². The number of furan rings is 1. The summed E-state index contributed by atoms with van der Waals surface area (Å²) in [5, 5.41) is 2.78. The van der Waals surface area contributed by atoms with Gasteiger partial charge in [0.25, 0.3) is 5.91 Å². The zero-order valence-corrected chi connectivity index (χ0v) is 23.7. The van der Waals surface area contributed by atoms with Crippen LogP contribution in [-0.2, 0) is 21.0 Å². The molecule has 0 saturated heterocycles. The average Bonchev–Trinajstić information content (AvgIpc) is 3.31. The van der Waals surface area contributed by atoms with Gasteiger partial charge in [0.1, 0.15) is 28.7 Å². The number of hydrogen-bond donors (Lipinski definition) is 1. The number of carbonyl (C=O) groups excluding carboxylic acids is 1. The Hall–Kier alpha value is -3.69. The van der Waals surface area contributed by atoms with Crippen LogP contribution >= 0.6 is 0 Å². The number of halogens is 1. The van der Waals surface area contributed by atoms with Gasteiger partial charge in [-0.1, -0.05) is 6.92 Å². The molecule has 40 heavy (non-hydrogen) atoms. The molecule has 1 aromatic heterocycles. The molecule has 0 saturated carbocycles. The third kappa shape index (κ3) is 5.62. The predicted molar refractivity (Wildman–Crippen MR) is 152 cm³/mol. The summed E-state index contributed by atoms with van der Waals surface area (Å²) in [6, 6.07) is 16.5. The van der Waals surface area contributed by atoms with Gasteiger partial charge >= 0.3 is 0 Å². The van der Waals surface area contributed by atoms with Crippen molar-refractivity contribution in [2.75, 3.05) is 19.9 Å². The SMILES string of the molecule is CNC(=O)c1c(-c2ccc(Oc3ccc(F)cc3)cc2)oc2cc3c(cc12)C(C)OCCC(C)C(S(C)(=O)=O)C3. The van der Waals surface area contributed by atoms with Crippen LogP contribution in [-0.4, -0.2) is 39.5 Å². The van der Waals surface area contributed by atoms with E-state index in [2.05, 4.69) is 5.32 Å². The van der Waals surface area contributed by atoms with Crippen LogP contribution in [0.3, 0.4) is 0 Å². The Bertz CT molecular complexity index is 1640. The minimum Gasteiger partial charge on any atom is -0.457 e.